The number of nitrogens with one attached hydrogen (secondary N) is 1. The Morgan fingerprint density at radius 1 is 1.27 bits per heavy atom. The van der Waals surface area contributed by atoms with Crippen LogP contribution in [0.5, 0.6) is 0 Å². The van der Waals surface area contributed by atoms with E-state index in [0.29, 0.717) is 34.4 Å². The Bertz CT molecular complexity index is 812. The summed E-state index contributed by atoms with van der Waals surface area (Å²) in [4.78, 5) is 29.8. The lowest BCUT2D eigenvalue weighted by atomic mass is 9.95. The summed E-state index contributed by atoms with van der Waals surface area (Å²) < 4.78 is 1.73. The molecule has 1 N–H and O–H groups in total. The zero-order valence-electron chi connectivity index (χ0n) is 15.4. The fraction of sp³-hybridized carbons (Fsp3) is 0.550. The zero-order chi connectivity index (χ0) is 18.4. The van der Waals surface area contributed by atoms with Crippen LogP contribution >= 0.6 is 11.8 Å². The lowest BCUT2D eigenvalue weighted by Gasteiger charge is -2.22. The quantitative estimate of drug-likeness (QED) is 0.593. The lowest BCUT2D eigenvalue weighted by molar-refractivity contribution is -0.119. The summed E-state index contributed by atoms with van der Waals surface area (Å²) in [6.45, 7) is 2.74. The van der Waals surface area contributed by atoms with Crippen molar-refractivity contribution in [1.82, 2.24) is 14.9 Å². The van der Waals surface area contributed by atoms with E-state index in [4.69, 9.17) is 0 Å². The number of aromatic nitrogens is 2. The molecular weight excluding hydrogens is 346 g/mol. The molecule has 140 valence electrons. The summed E-state index contributed by atoms with van der Waals surface area (Å²) in [5.74, 6) is 0.333. The predicted molar refractivity (Wildman–Crippen MR) is 107 cm³/mol. The Labute approximate surface area is 158 Å². The summed E-state index contributed by atoms with van der Waals surface area (Å²) in [5, 5.41) is 4.41. The van der Waals surface area contributed by atoms with Crippen LogP contribution in [0.1, 0.15) is 51.9 Å². The van der Waals surface area contributed by atoms with Crippen LogP contribution in [0, 0.1) is 0 Å². The van der Waals surface area contributed by atoms with Gasteiger partial charge in [0, 0.05) is 12.6 Å². The van der Waals surface area contributed by atoms with Gasteiger partial charge in [-0.3, -0.25) is 14.2 Å². The van der Waals surface area contributed by atoms with E-state index in [0.717, 1.165) is 25.7 Å². The first-order valence-corrected chi connectivity index (χ1v) is 10.6. The number of hydrogen-bond donors (Lipinski definition) is 1. The van der Waals surface area contributed by atoms with Gasteiger partial charge in [-0.2, -0.15) is 0 Å². The Hall–Kier alpha value is -1.82. The summed E-state index contributed by atoms with van der Waals surface area (Å²) in [6, 6.07) is 7.73. The van der Waals surface area contributed by atoms with E-state index in [1.54, 1.807) is 4.57 Å². The molecule has 0 spiro atoms. The van der Waals surface area contributed by atoms with E-state index < -0.39 is 0 Å². The smallest absolute Gasteiger partial charge is 0.262 e. The van der Waals surface area contributed by atoms with Gasteiger partial charge < -0.3 is 5.32 Å². The van der Waals surface area contributed by atoms with Gasteiger partial charge in [0.15, 0.2) is 5.16 Å². The van der Waals surface area contributed by atoms with Crippen LogP contribution in [0.4, 0.5) is 0 Å². The number of thioether (sulfide) groups is 1. The molecular formula is C20H27N3O2S. The SMILES string of the molecule is CCCCn1c(SCC(=O)NC2CCCCC2)nc2ccccc2c1=O. The Kier molecular flexibility index (Phi) is 6.72. The maximum absolute atomic E-state index is 12.8. The topological polar surface area (TPSA) is 64.0 Å². The molecule has 1 fully saturated rings. The molecule has 26 heavy (non-hydrogen) atoms. The van der Waals surface area contributed by atoms with Crippen molar-refractivity contribution < 1.29 is 4.79 Å². The minimum Gasteiger partial charge on any atom is -0.353 e. The summed E-state index contributed by atoms with van der Waals surface area (Å²) in [6.07, 6.45) is 7.73. The van der Waals surface area contributed by atoms with Crippen LogP contribution in [-0.4, -0.2) is 27.3 Å². The molecule has 1 saturated carbocycles. The molecule has 6 heteroatoms. The van der Waals surface area contributed by atoms with Crippen LogP contribution in [0.2, 0.25) is 0 Å². The molecule has 0 aliphatic heterocycles. The van der Waals surface area contributed by atoms with Crippen molar-refractivity contribution in [2.45, 2.75) is 69.6 Å². The Balaban J connectivity index is 1.74. The minimum atomic E-state index is -0.0146. The molecule has 1 aliphatic carbocycles. The molecule has 0 atom stereocenters. The van der Waals surface area contributed by atoms with E-state index in [1.807, 2.05) is 24.3 Å². The van der Waals surface area contributed by atoms with Gasteiger partial charge in [0.25, 0.3) is 5.56 Å². The molecule has 0 saturated heterocycles. The first-order valence-electron chi connectivity index (χ1n) is 9.60. The van der Waals surface area contributed by atoms with E-state index >= 15 is 0 Å². The molecule has 1 heterocycles. The number of rotatable bonds is 7. The maximum atomic E-state index is 12.8. The number of hydrogen-bond acceptors (Lipinski definition) is 4. The number of carbonyl (C=O) groups is 1. The second-order valence-electron chi connectivity index (χ2n) is 6.91. The summed E-state index contributed by atoms with van der Waals surface area (Å²) in [7, 11) is 0. The predicted octanol–water partition coefficient (Wildman–Crippen LogP) is 3.74. The number of nitrogens with zero attached hydrogens (tertiary/aromatic N) is 2. The third-order valence-corrected chi connectivity index (χ3v) is 5.84. The third-order valence-electron chi connectivity index (χ3n) is 4.86. The fourth-order valence-corrected chi connectivity index (χ4v) is 4.25. The van der Waals surface area contributed by atoms with Crippen LogP contribution in [0.25, 0.3) is 10.9 Å². The van der Waals surface area contributed by atoms with Gasteiger partial charge >= 0.3 is 0 Å². The monoisotopic (exact) mass is 373 g/mol. The summed E-state index contributed by atoms with van der Waals surface area (Å²) >= 11 is 1.36. The lowest BCUT2D eigenvalue weighted by Crippen LogP contribution is -2.37. The number of amides is 1. The Morgan fingerprint density at radius 3 is 2.81 bits per heavy atom. The fourth-order valence-electron chi connectivity index (χ4n) is 3.42. The van der Waals surface area contributed by atoms with Gasteiger partial charge in [-0.25, -0.2) is 4.98 Å². The largest absolute Gasteiger partial charge is 0.353 e. The zero-order valence-corrected chi connectivity index (χ0v) is 16.2. The molecule has 0 unspecified atom stereocenters. The number of carbonyl (C=O) groups excluding carboxylic acids is 1. The summed E-state index contributed by atoms with van der Waals surface area (Å²) in [5.41, 5.74) is 0.680. The minimum absolute atomic E-state index is 0.0146. The molecule has 1 aliphatic rings. The first-order chi connectivity index (χ1) is 12.7. The van der Waals surface area contributed by atoms with E-state index in [1.165, 1.54) is 31.0 Å². The van der Waals surface area contributed by atoms with Crippen molar-refractivity contribution in [1.29, 1.82) is 0 Å². The highest BCUT2D eigenvalue weighted by atomic mass is 32.2. The second kappa shape index (κ2) is 9.21. The maximum Gasteiger partial charge on any atom is 0.262 e. The second-order valence-corrected chi connectivity index (χ2v) is 7.86. The average Bonchev–Trinajstić information content (AvgIpc) is 2.67. The molecule has 1 amide bonds. The van der Waals surface area contributed by atoms with Crippen molar-refractivity contribution in [2.24, 2.45) is 0 Å². The van der Waals surface area contributed by atoms with Crippen molar-refractivity contribution in [3.63, 3.8) is 0 Å². The van der Waals surface area contributed by atoms with E-state index in [2.05, 4.69) is 17.2 Å². The van der Waals surface area contributed by atoms with E-state index in [9.17, 15) is 9.59 Å². The van der Waals surface area contributed by atoms with Crippen molar-refractivity contribution >= 4 is 28.6 Å². The van der Waals surface area contributed by atoms with Gasteiger partial charge in [-0.1, -0.05) is 56.5 Å². The van der Waals surface area contributed by atoms with E-state index in [-0.39, 0.29) is 11.5 Å². The van der Waals surface area contributed by atoms with Crippen LogP contribution < -0.4 is 10.9 Å². The highest BCUT2D eigenvalue weighted by Crippen LogP contribution is 2.20. The highest BCUT2D eigenvalue weighted by molar-refractivity contribution is 7.99. The number of fused-ring (bicyclic) bond motifs is 1. The highest BCUT2D eigenvalue weighted by Gasteiger charge is 2.17. The number of benzene rings is 1. The molecule has 1 aromatic heterocycles. The number of para-hydroxylation sites is 1. The van der Waals surface area contributed by atoms with Crippen molar-refractivity contribution in [3.8, 4) is 0 Å². The van der Waals surface area contributed by atoms with Gasteiger partial charge in [0.1, 0.15) is 0 Å². The number of unbranched alkanes of at least 4 members (excludes halogenated alkanes) is 1. The van der Waals surface area contributed by atoms with Crippen LogP contribution in [0.3, 0.4) is 0 Å². The molecule has 3 rings (SSSR count). The Morgan fingerprint density at radius 2 is 2.04 bits per heavy atom. The van der Waals surface area contributed by atoms with Gasteiger partial charge in [0.05, 0.1) is 16.7 Å². The van der Waals surface area contributed by atoms with Crippen molar-refractivity contribution in [3.05, 3.63) is 34.6 Å². The first kappa shape index (κ1) is 19.0. The van der Waals surface area contributed by atoms with Gasteiger partial charge in [-0.15, -0.1) is 0 Å². The molecule has 2 aromatic rings. The average molecular weight is 374 g/mol. The van der Waals surface area contributed by atoms with Crippen LogP contribution in [0.15, 0.2) is 34.2 Å². The normalized spacial score (nSPS) is 15.3. The van der Waals surface area contributed by atoms with Crippen LogP contribution in [-0.2, 0) is 11.3 Å². The standard InChI is InChI=1S/C20H27N3O2S/c1-2-3-13-23-19(25)16-11-7-8-12-17(16)22-20(23)26-14-18(24)21-15-9-5-4-6-10-15/h7-8,11-12,15H,2-6,9-10,13-14H2,1H3,(H,21,24). The molecule has 1 aromatic carbocycles. The molecule has 0 radical (unpaired) electrons. The van der Waals surface area contributed by atoms with Gasteiger partial charge in [-0.05, 0) is 31.4 Å². The molecule has 5 nitrogen and oxygen atoms in total. The van der Waals surface area contributed by atoms with Crippen molar-refractivity contribution in [2.75, 3.05) is 5.75 Å². The van der Waals surface area contributed by atoms with Gasteiger partial charge in [0.2, 0.25) is 5.91 Å². The third kappa shape index (κ3) is 4.67. The molecule has 0 bridgehead atoms.